The molecule has 0 aliphatic carbocycles. The molecule has 0 bridgehead atoms. The summed E-state index contributed by atoms with van der Waals surface area (Å²) in [6.07, 6.45) is 1.77. The van der Waals surface area contributed by atoms with E-state index >= 15 is 0 Å². The highest BCUT2D eigenvalue weighted by Crippen LogP contribution is 2.07. The monoisotopic (exact) mass is 208 g/mol. The van der Waals surface area contributed by atoms with Crippen LogP contribution in [0, 0.1) is 17.7 Å². The predicted octanol–water partition coefficient (Wildman–Crippen LogP) is 1.30. The van der Waals surface area contributed by atoms with Crippen molar-refractivity contribution < 1.29 is 9.50 Å². The molecule has 0 aromatic carbocycles. The third-order valence-electron chi connectivity index (χ3n) is 1.68. The lowest BCUT2D eigenvalue weighted by Gasteiger charge is -2.06. The van der Waals surface area contributed by atoms with Crippen molar-refractivity contribution in [3.8, 4) is 11.8 Å². The first-order valence-electron chi connectivity index (χ1n) is 4.69. The summed E-state index contributed by atoms with van der Waals surface area (Å²) in [6, 6.07) is 0. The predicted molar refractivity (Wildman–Crippen MR) is 54.5 cm³/mol. The van der Waals surface area contributed by atoms with Crippen molar-refractivity contribution in [2.24, 2.45) is 0 Å². The second kappa shape index (κ2) is 4.37. The third kappa shape index (κ3) is 3.30. The van der Waals surface area contributed by atoms with Gasteiger partial charge in [-0.1, -0.05) is 12.8 Å². The Morgan fingerprint density at radius 3 is 2.67 bits per heavy atom. The number of aryl methyl sites for hydroxylation is 1. The maximum Gasteiger partial charge on any atom is 0.178 e. The molecule has 15 heavy (non-hydrogen) atoms. The van der Waals surface area contributed by atoms with Gasteiger partial charge in [-0.05, 0) is 26.2 Å². The Morgan fingerprint density at radius 2 is 2.13 bits per heavy atom. The first-order valence-corrected chi connectivity index (χ1v) is 4.69. The zero-order valence-corrected chi connectivity index (χ0v) is 9.00. The summed E-state index contributed by atoms with van der Waals surface area (Å²) < 4.78 is 13.5. The lowest BCUT2D eigenvalue weighted by molar-refractivity contribution is 0.143. The first kappa shape index (κ1) is 11.6. The average molecular weight is 208 g/mol. The molecule has 0 aliphatic rings. The normalized spacial score (nSPS) is 10.7. The molecular formula is C11H13FN2O. The Labute approximate surface area is 88.4 Å². The van der Waals surface area contributed by atoms with E-state index in [9.17, 15) is 9.50 Å². The van der Waals surface area contributed by atoms with E-state index in [1.165, 1.54) is 20.2 Å². The van der Waals surface area contributed by atoms with Gasteiger partial charge >= 0.3 is 0 Å². The maximum absolute atomic E-state index is 13.5. The van der Waals surface area contributed by atoms with Crippen molar-refractivity contribution in [2.75, 3.05) is 0 Å². The van der Waals surface area contributed by atoms with Crippen LogP contribution in [-0.4, -0.2) is 20.7 Å². The number of halogens is 1. The van der Waals surface area contributed by atoms with Gasteiger partial charge in [0.2, 0.25) is 0 Å². The highest BCUT2D eigenvalue weighted by atomic mass is 19.1. The minimum Gasteiger partial charge on any atom is -0.378 e. The van der Waals surface area contributed by atoms with Gasteiger partial charge in [0.05, 0.1) is 5.69 Å². The van der Waals surface area contributed by atoms with Crippen molar-refractivity contribution >= 4 is 0 Å². The second-order valence-electron chi connectivity index (χ2n) is 3.65. The summed E-state index contributed by atoms with van der Waals surface area (Å²) in [4.78, 5) is 7.50. The van der Waals surface area contributed by atoms with Crippen molar-refractivity contribution in [2.45, 2.75) is 32.8 Å². The molecular weight excluding hydrogens is 195 g/mol. The summed E-state index contributed by atoms with van der Waals surface area (Å²) in [7, 11) is 0. The lowest BCUT2D eigenvalue weighted by Crippen LogP contribution is -2.14. The number of aliphatic hydroxyl groups is 1. The SMILES string of the molecule is CCc1ncnc(C#CC(C)(C)O)c1F. The van der Waals surface area contributed by atoms with Crippen molar-refractivity contribution in [3.63, 3.8) is 0 Å². The molecule has 0 atom stereocenters. The molecule has 4 heteroatoms. The standard InChI is InChI=1S/C11H13FN2O/c1-4-8-10(12)9(14-7-13-8)5-6-11(2,3)15/h7,15H,4H2,1-3H3. The van der Waals surface area contributed by atoms with Crippen LogP contribution in [0.4, 0.5) is 4.39 Å². The summed E-state index contributed by atoms with van der Waals surface area (Å²) in [5, 5.41) is 9.36. The topological polar surface area (TPSA) is 46.0 Å². The van der Waals surface area contributed by atoms with E-state index in [2.05, 4.69) is 21.8 Å². The summed E-state index contributed by atoms with van der Waals surface area (Å²) >= 11 is 0. The van der Waals surface area contributed by atoms with Gasteiger partial charge in [0.1, 0.15) is 11.9 Å². The lowest BCUT2D eigenvalue weighted by atomic mass is 10.1. The molecule has 0 radical (unpaired) electrons. The summed E-state index contributed by atoms with van der Waals surface area (Å²) in [6.45, 7) is 4.86. The van der Waals surface area contributed by atoms with Crippen molar-refractivity contribution in [1.29, 1.82) is 0 Å². The molecule has 1 aromatic heterocycles. The number of aromatic nitrogens is 2. The van der Waals surface area contributed by atoms with E-state index in [1.54, 1.807) is 6.92 Å². The molecule has 0 spiro atoms. The van der Waals surface area contributed by atoms with Gasteiger partial charge in [0.25, 0.3) is 0 Å². The molecule has 80 valence electrons. The van der Waals surface area contributed by atoms with Crippen LogP contribution in [0.3, 0.4) is 0 Å². The summed E-state index contributed by atoms with van der Waals surface area (Å²) in [5.74, 6) is 4.50. The Morgan fingerprint density at radius 1 is 1.47 bits per heavy atom. The van der Waals surface area contributed by atoms with E-state index in [-0.39, 0.29) is 5.69 Å². The average Bonchev–Trinajstić information content (AvgIpc) is 2.15. The largest absolute Gasteiger partial charge is 0.378 e. The van der Waals surface area contributed by atoms with Gasteiger partial charge < -0.3 is 5.11 Å². The van der Waals surface area contributed by atoms with Gasteiger partial charge in [-0.2, -0.15) is 0 Å². The van der Waals surface area contributed by atoms with Gasteiger partial charge in [0, 0.05) is 0 Å². The quantitative estimate of drug-likeness (QED) is 0.707. The molecule has 1 rings (SSSR count). The molecule has 1 N–H and O–H groups in total. The molecule has 0 amide bonds. The molecule has 0 unspecified atom stereocenters. The zero-order chi connectivity index (χ0) is 11.5. The Kier molecular flexibility index (Phi) is 3.38. The van der Waals surface area contributed by atoms with Gasteiger partial charge in [-0.15, -0.1) is 0 Å². The molecule has 0 saturated heterocycles. The Balaban J connectivity index is 3.10. The van der Waals surface area contributed by atoms with Crippen LogP contribution in [0.25, 0.3) is 0 Å². The minimum atomic E-state index is -1.15. The Bertz CT molecular complexity index is 413. The smallest absolute Gasteiger partial charge is 0.178 e. The van der Waals surface area contributed by atoms with Gasteiger partial charge in [-0.3, -0.25) is 0 Å². The third-order valence-corrected chi connectivity index (χ3v) is 1.68. The van der Waals surface area contributed by atoms with Crippen LogP contribution in [0.2, 0.25) is 0 Å². The van der Waals surface area contributed by atoms with Gasteiger partial charge in [-0.25, -0.2) is 14.4 Å². The fourth-order valence-electron chi connectivity index (χ4n) is 0.952. The fourth-order valence-corrected chi connectivity index (χ4v) is 0.952. The van der Waals surface area contributed by atoms with Crippen LogP contribution in [0.15, 0.2) is 6.33 Å². The van der Waals surface area contributed by atoms with E-state index in [0.29, 0.717) is 12.1 Å². The number of hydrogen-bond acceptors (Lipinski definition) is 3. The number of hydrogen-bond donors (Lipinski definition) is 1. The summed E-state index contributed by atoms with van der Waals surface area (Å²) in [5.41, 5.74) is -0.780. The van der Waals surface area contributed by atoms with Gasteiger partial charge in [0.15, 0.2) is 11.5 Å². The maximum atomic E-state index is 13.5. The highest BCUT2D eigenvalue weighted by Gasteiger charge is 2.09. The van der Waals surface area contributed by atoms with Crippen molar-refractivity contribution in [3.05, 3.63) is 23.5 Å². The fraction of sp³-hybridized carbons (Fsp3) is 0.455. The number of nitrogens with zero attached hydrogens (tertiary/aromatic N) is 2. The van der Waals surface area contributed by atoms with E-state index < -0.39 is 11.4 Å². The molecule has 0 saturated carbocycles. The van der Waals surface area contributed by atoms with E-state index in [4.69, 9.17) is 0 Å². The molecule has 1 aromatic rings. The van der Waals surface area contributed by atoms with Crippen LogP contribution in [0.5, 0.6) is 0 Å². The van der Waals surface area contributed by atoms with Crippen LogP contribution in [-0.2, 0) is 6.42 Å². The zero-order valence-electron chi connectivity index (χ0n) is 9.00. The highest BCUT2D eigenvalue weighted by molar-refractivity contribution is 5.32. The Hall–Kier alpha value is -1.47. The first-order chi connectivity index (χ1) is 6.94. The van der Waals surface area contributed by atoms with E-state index in [0.717, 1.165) is 0 Å². The van der Waals surface area contributed by atoms with Crippen molar-refractivity contribution in [1.82, 2.24) is 9.97 Å². The van der Waals surface area contributed by atoms with E-state index in [1.807, 2.05) is 0 Å². The van der Waals surface area contributed by atoms with Crippen LogP contribution in [0.1, 0.15) is 32.2 Å². The van der Waals surface area contributed by atoms with Crippen LogP contribution >= 0.6 is 0 Å². The molecule has 0 fully saturated rings. The molecule has 3 nitrogen and oxygen atoms in total. The van der Waals surface area contributed by atoms with Crippen LogP contribution < -0.4 is 0 Å². The minimum absolute atomic E-state index is 0.0315. The molecule has 1 heterocycles. The number of rotatable bonds is 1. The molecule has 0 aliphatic heterocycles. The second-order valence-corrected chi connectivity index (χ2v) is 3.65.